The molecular weight excluding hydrogens is 210 g/mol. The van der Waals surface area contributed by atoms with Gasteiger partial charge in [0.1, 0.15) is 0 Å². The summed E-state index contributed by atoms with van der Waals surface area (Å²) in [7, 11) is 1.78. The molecule has 1 aromatic heterocycles. The van der Waals surface area contributed by atoms with E-state index in [-0.39, 0.29) is 5.91 Å². The summed E-state index contributed by atoms with van der Waals surface area (Å²) in [6.45, 7) is 4.34. The van der Waals surface area contributed by atoms with Crippen molar-refractivity contribution in [2.45, 2.75) is 25.8 Å². The van der Waals surface area contributed by atoms with Gasteiger partial charge in [-0.3, -0.25) is 4.79 Å². The fraction of sp³-hybridized carbons (Fsp3) is 0.600. The van der Waals surface area contributed by atoms with Gasteiger partial charge in [-0.1, -0.05) is 0 Å². The summed E-state index contributed by atoms with van der Waals surface area (Å²) in [4.78, 5) is 15.8. The molecule has 0 aliphatic heterocycles. The zero-order chi connectivity index (χ0) is 11.3. The molecule has 1 amide bonds. The molecule has 0 saturated heterocycles. The van der Waals surface area contributed by atoms with Crippen LogP contribution < -0.4 is 10.6 Å². The van der Waals surface area contributed by atoms with Crippen LogP contribution in [0.1, 0.15) is 18.9 Å². The van der Waals surface area contributed by atoms with E-state index in [0.717, 1.165) is 11.4 Å². The van der Waals surface area contributed by atoms with Gasteiger partial charge < -0.3 is 10.6 Å². The third-order valence-electron chi connectivity index (χ3n) is 2.30. The quantitative estimate of drug-likeness (QED) is 0.782. The summed E-state index contributed by atoms with van der Waals surface area (Å²) < 4.78 is 0. The van der Waals surface area contributed by atoms with E-state index in [9.17, 15) is 4.79 Å². The van der Waals surface area contributed by atoms with Crippen molar-refractivity contribution >= 4 is 17.2 Å². The summed E-state index contributed by atoms with van der Waals surface area (Å²) in [5, 5.41) is 8.83. The first-order valence-corrected chi connectivity index (χ1v) is 5.80. The van der Waals surface area contributed by atoms with E-state index < -0.39 is 5.54 Å². The molecule has 4 nitrogen and oxygen atoms in total. The smallest absolute Gasteiger partial charge is 0.239 e. The van der Waals surface area contributed by atoms with E-state index in [1.165, 1.54) is 0 Å². The molecule has 0 saturated carbocycles. The lowest BCUT2D eigenvalue weighted by Gasteiger charge is -2.22. The van der Waals surface area contributed by atoms with Crippen LogP contribution in [0.3, 0.4) is 0 Å². The first-order valence-electron chi connectivity index (χ1n) is 4.92. The summed E-state index contributed by atoms with van der Waals surface area (Å²) in [6, 6.07) is 0. The number of hydrogen-bond donors (Lipinski definition) is 2. The van der Waals surface area contributed by atoms with Gasteiger partial charge in [-0.2, -0.15) is 0 Å². The second-order valence-electron chi connectivity index (χ2n) is 3.81. The molecule has 0 radical (unpaired) electrons. The van der Waals surface area contributed by atoms with Gasteiger partial charge in [0, 0.05) is 24.5 Å². The maximum atomic E-state index is 11.6. The number of hydrogen-bond acceptors (Lipinski definition) is 4. The molecule has 84 valence electrons. The van der Waals surface area contributed by atoms with Crippen LogP contribution in [-0.2, 0) is 11.2 Å². The number of rotatable bonds is 5. The number of nitrogens with zero attached hydrogens (tertiary/aromatic N) is 1. The third kappa shape index (κ3) is 3.60. The fourth-order valence-electron chi connectivity index (χ4n) is 0.994. The average Bonchev–Trinajstić information content (AvgIpc) is 2.70. The number of carbonyl (C=O) groups is 1. The van der Waals surface area contributed by atoms with Crippen molar-refractivity contribution in [3.05, 3.63) is 16.6 Å². The Balaban J connectivity index is 2.29. The molecule has 0 unspecified atom stereocenters. The lowest BCUT2D eigenvalue weighted by molar-refractivity contribution is -0.126. The molecule has 1 rings (SSSR count). The van der Waals surface area contributed by atoms with E-state index >= 15 is 0 Å². The largest absolute Gasteiger partial charge is 0.354 e. The minimum absolute atomic E-state index is 0.0153. The highest BCUT2D eigenvalue weighted by Gasteiger charge is 2.24. The topological polar surface area (TPSA) is 54.0 Å². The molecular formula is C10H17N3OS. The lowest BCUT2D eigenvalue weighted by atomic mass is 10.1. The van der Waals surface area contributed by atoms with Gasteiger partial charge in [-0.15, -0.1) is 11.3 Å². The predicted molar refractivity (Wildman–Crippen MR) is 62.0 cm³/mol. The molecule has 0 aliphatic rings. The van der Waals surface area contributed by atoms with Crippen molar-refractivity contribution in [1.29, 1.82) is 0 Å². The Morgan fingerprint density at radius 3 is 2.87 bits per heavy atom. The Labute approximate surface area is 94.1 Å². The monoisotopic (exact) mass is 227 g/mol. The van der Waals surface area contributed by atoms with Gasteiger partial charge in [-0.05, 0) is 20.9 Å². The second kappa shape index (κ2) is 5.23. The van der Waals surface area contributed by atoms with Crippen LogP contribution in [0.2, 0.25) is 0 Å². The highest BCUT2D eigenvalue weighted by atomic mass is 32.1. The first kappa shape index (κ1) is 12.1. The van der Waals surface area contributed by atoms with Crippen LogP contribution in [-0.4, -0.2) is 30.0 Å². The van der Waals surface area contributed by atoms with E-state index in [0.29, 0.717) is 6.54 Å². The van der Waals surface area contributed by atoms with Crippen LogP contribution >= 0.6 is 11.3 Å². The summed E-state index contributed by atoms with van der Waals surface area (Å²) >= 11 is 1.61. The second-order valence-corrected chi connectivity index (χ2v) is 4.79. The normalized spacial score (nSPS) is 11.4. The first-order chi connectivity index (χ1) is 7.06. The maximum absolute atomic E-state index is 11.6. The molecule has 0 aliphatic carbocycles. The predicted octanol–water partition coefficient (Wildman–Crippen LogP) is 0.800. The van der Waals surface area contributed by atoms with Crippen LogP contribution in [0.4, 0.5) is 0 Å². The molecule has 0 aromatic carbocycles. The van der Waals surface area contributed by atoms with E-state index in [4.69, 9.17) is 0 Å². The van der Waals surface area contributed by atoms with Crippen LogP contribution in [0, 0.1) is 0 Å². The minimum Gasteiger partial charge on any atom is -0.354 e. The van der Waals surface area contributed by atoms with Gasteiger partial charge in [-0.25, -0.2) is 4.98 Å². The standard InChI is InChI=1S/C10H17N3OS/c1-10(2,11-3)9(14)13-5-4-8-12-6-7-15-8/h6-7,11H,4-5H2,1-3H3,(H,13,14). The van der Waals surface area contributed by atoms with E-state index in [1.807, 2.05) is 19.2 Å². The highest BCUT2D eigenvalue weighted by Crippen LogP contribution is 2.04. The Morgan fingerprint density at radius 2 is 2.33 bits per heavy atom. The van der Waals surface area contributed by atoms with Crippen molar-refractivity contribution in [2.24, 2.45) is 0 Å². The molecule has 2 N–H and O–H groups in total. The number of thiazole rings is 1. The van der Waals surface area contributed by atoms with Crippen LogP contribution in [0.25, 0.3) is 0 Å². The van der Waals surface area contributed by atoms with Crippen molar-refractivity contribution in [3.63, 3.8) is 0 Å². The van der Waals surface area contributed by atoms with Gasteiger partial charge in [0.05, 0.1) is 10.5 Å². The number of nitrogens with one attached hydrogen (secondary N) is 2. The number of carbonyl (C=O) groups excluding carboxylic acids is 1. The lowest BCUT2D eigenvalue weighted by Crippen LogP contribution is -2.51. The molecule has 0 atom stereocenters. The molecule has 1 aromatic rings. The zero-order valence-electron chi connectivity index (χ0n) is 9.33. The summed E-state index contributed by atoms with van der Waals surface area (Å²) in [6.07, 6.45) is 2.57. The van der Waals surface area contributed by atoms with Crippen molar-refractivity contribution in [3.8, 4) is 0 Å². The van der Waals surface area contributed by atoms with Crippen molar-refractivity contribution < 1.29 is 4.79 Å². The van der Waals surface area contributed by atoms with Gasteiger partial charge >= 0.3 is 0 Å². The molecule has 5 heteroatoms. The van der Waals surface area contributed by atoms with Crippen LogP contribution in [0.15, 0.2) is 11.6 Å². The highest BCUT2D eigenvalue weighted by molar-refractivity contribution is 7.09. The number of amides is 1. The minimum atomic E-state index is -0.511. The molecule has 0 spiro atoms. The van der Waals surface area contributed by atoms with Gasteiger partial charge in [0.15, 0.2) is 0 Å². The number of aromatic nitrogens is 1. The Morgan fingerprint density at radius 1 is 1.60 bits per heavy atom. The summed E-state index contributed by atoms with van der Waals surface area (Å²) in [5.74, 6) is 0.0153. The maximum Gasteiger partial charge on any atom is 0.239 e. The molecule has 1 heterocycles. The Bertz CT molecular complexity index is 308. The van der Waals surface area contributed by atoms with E-state index in [1.54, 1.807) is 24.6 Å². The molecule has 15 heavy (non-hydrogen) atoms. The molecule has 0 bridgehead atoms. The van der Waals surface area contributed by atoms with Gasteiger partial charge in [0.2, 0.25) is 5.91 Å². The third-order valence-corrected chi connectivity index (χ3v) is 3.14. The number of likely N-dealkylation sites (N-methyl/N-ethyl adjacent to an activating group) is 1. The average molecular weight is 227 g/mol. The SMILES string of the molecule is CNC(C)(C)C(=O)NCCc1nccs1. The van der Waals surface area contributed by atoms with Crippen LogP contribution in [0.5, 0.6) is 0 Å². The van der Waals surface area contributed by atoms with E-state index in [2.05, 4.69) is 15.6 Å². The fourth-order valence-corrected chi connectivity index (χ4v) is 1.61. The van der Waals surface area contributed by atoms with Gasteiger partial charge in [0.25, 0.3) is 0 Å². The Kier molecular flexibility index (Phi) is 4.23. The van der Waals surface area contributed by atoms with Crippen molar-refractivity contribution in [1.82, 2.24) is 15.6 Å². The molecule has 0 fully saturated rings. The Hall–Kier alpha value is -0.940. The summed E-state index contributed by atoms with van der Waals surface area (Å²) in [5.41, 5.74) is -0.511. The van der Waals surface area contributed by atoms with Crippen molar-refractivity contribution in [2.75, 3.05) is 13.6 Å². The zero-order valence-corrected chi connectivity index (χ0v) is 10.1.